The van der Waals surface area contributed by atoms with Crippen LogP contribution in [-0.2, 0) is 11.4 Å². The van der Waals surface area contributed by atoms with Gasteiger partial charge in [-0.15, -0.1) is 0 Å². The molecule has 1 aliphatic heterocycles. The Bertz CT molecular complexity index is 1420. The number of aromatic nitrogens is 3. The fourth-order valence-electron chi connectivity index (χ4n) is 4.18. The second-order valence-electron chi connectivity index (χ2n) is 8.22. The van der Waals surface area contributed by atoms with Gasteiger partial charge in [-0.05, 0) is 58.2 Å². The number of rotatable bonds is 7. The first-order valence-electron chi connectivity index (χ1n) is 11.3. The monoisotopic (exact) mass is 545 g/mol. The molecule has 2 heterocycles. The van der Waals surface area contributed by atoms with E-state index in [1.54, 1.807) is 11.8 Å². The molecule has 5 rings (SSSR count). The highest BCUT2D eigenvalue weighted by Gasteiger charge is 2.34. The maximum Gasteiger partial charge on any atom is 0.255 e. The maximum absolute atomic E-state index is 13.5. The third-order valence-electron chi connectivity index (χ3n) is 5.86. The van der Waals surface area contributed by atoms with Crippen LogP contribution in [0.25, 0.3) is 0 Å². The number of para-hydroxylation sites is 1. The van der Waals surface area contributed by atoms with Crippen LogP contribution in [0.3, 0.4) is 0 Å². The predicted molar refractivity (Wildman–Crippen MR) is 141 cm³/mol. The first-order valence-corrected chi connectivity index (χ1v) is 12.1. The van der Waals surface area contributed by atoms with Crippen LogP contribution in [0.15, 0.2) is 94.9 Å². The van der Waals surface area contributed by atoms with Gasteiger partial charge in [0.15, 0.2) is 11.5 Å². The van der Waals surface area contributed by atoms with E-state index in [0.717, 1.165) is 11.1 Å². The van der Waals surface area contributed by atoms with Crippen LogP contribution in [0.2, 0.25) is 0 Å². The summed E-state index contributed by atoms with van der Waals surface area (Å²) in [5.74, 6) is 1.43. The Balaban J connectivity index is 1.52. The van der Waals surface area contributed by atoms with Crippen molar-refractivity contribution in [1.29, 1.82) is 0 Å². The van der Waals surface area contributed by atoms with Crippen molar-refractivity contribution < 1.29 is 14.3 Å². The van der Waals surface area contributed by atoms with Gasteiger partial charge in [0.05, 0.1) is 17.2 Å². The molecule has 1 aromatic heterocycles. The molecule has 0 fully saturated rings. The van der Waals surface area contributed by atoms with Crippen molar-refractivity contribution in [2.75, 3.05) is 17.7 Å². The number of amides is 1. The predicted octanol–water partition coefficient (Wildman–Crippen LogP) is 5.56. The van der Waals surface area contributed by atoms with Crippen molar-refractivity contribution in [1.82, 2.24) is 14.8 Å². The summed E-state index contributed by atoms with van der Waals surface area (Å²) < 4.78 is 14.2. The molecule has 0 bridgehead atoms. The minimum atomic E-state index is -0.541. The van der Waals surface area contributed by atoms with E-state index in [-0.39, 0.29) is 5.91 Å². The minimum Gasteiger partial charge on any atom is -0.493 e. The number of carbonyl (C=O) groups is 1. The summed E-state index contributed by atoms with van der Waals surface area (Å²) in [6, 6.07) is 22.5. The molecule has 4 aromatic rings. The van der Waals surface area contributed by atoms with Crippen molar-refractivity contribution in [2.24, 2.45) is 0 Å². The number of halogens is 1. The van der Waals surface area contributed by atoms with Gasteiger partial charge in [-0.25, -0.2) is 4.68 Å². The largest absolute Gasteiger partial charge is 0.493 e. The van der Waals surface area contributed by atoms with Crippen LogP contribution in [-0.4, -0.2) is 27.8 Å². The molecule has 3 aromatic carbocycles. The first-order chi connectivity index (χ1) is 17.5. The zero-order valence-corrected chi connectivity index (χ0v) is 21.3. The molecule has 0 saturated carbocycles. The molecule has 9 heteroatoms. The van der Waals surface area contributed by atoms with Crippen molar-refractivity contribution in [3.05, 3.63) is 106 Å². The fraction of sp³-hybridized carbons (Fsp3) is 0.148. The number of fused-ring (bicyclic) bond motifs is 1. The van der Waals surface area contributed by atoms with E-state index in [1.165, 1.54) is 6.33 Å². The zero-order valence-electron chi connectivity index (χ0n) is 19.7. The van der Waals surface area contributed by atoms with Gasteiger partial charge in [-0.1, -0.05) is 48.5 Å². The number of nitrogens with zero attached hydrogens (tertiary/aromatic N) is 3. The van der Waals surface area contributed by atoms with Gasteiger partial charge < -0.3 is 20.1 Å². The third-order valence-corrected chi connectivity index (χ3v) is 6.45. The second-order valence-corrected chi connectivity index (χ2v) is 9.08. The molecular formula is C27H24BrN5O3. The van der Waals surface area contributed by atoms with Crippen LogP contribution in [0.5, 0.6) is 11.5 Å². The molecule has 1 aliphatic rings. The maximum atomic E-state index is 13.5. The molecule has 36 heavy (non-hydrogen) atoms. The molecule has 2 N–H and O–H groups in total. The molecule has 0 radical (unpaired) electrons. The molecule has 0 spiro atoms. The van der Waals surface area contributed by atoms with Crippen molar-refractivity contribution in [2.45, 2.75) is 19.6 Å². The summed E-state index contributed by atoms with van der Waals surface area (Å²) in [4.78, 5) is 17.8. The normalized spacial score (nSPS) is 14.6. The lowest BCUT2D eigenvalue weighted by Gasteiger charge is -2.29. The fourth-order valence-corrected chi connectivity index (χ4v) is 4.75. The highest BCUT2D eigenvalue weighted by Crippen LogP contribution is 2.43. The van der Waals surface area contributed by atoms with Crippen molar-refractivity contribution in [3.8, 4) is 11.5 Å². The van der Waals surface area contributed by atoms with Gasteiger partial charge >= 0.3 is 0 Å². The molecule has 0 saturated heterocycles. The summed E-state index contributed by atoms with van der Waals surface area (Å²) in [6.45, 7) is 2.24. The Morgan fingerprint density at radius 3 is 2.56 bits per heavy atom. The summed E-state index contributed by atoms with van der Waals surface area (Å²) in [5.41, 5.74) is 3.74. The molecule has 1 atom stereocenters. The molecule has 0 aliphatic carbocycles. The van der Waals surface area contributed by atoms with Gasteiger partial charge in [0.2, 0.25) is 5.95 Å². The molecule has 182 valence electrons. The highest BCUT2D eigenvalue weighted by atomic mass is 79.9. The van der Waals surface area contributed by atoms with Gasteiger partial charge in [-0.3, -0.25) is 4.79 Å². The summed E-state index contributed by atoms with van der Waals surface area (Å²) in [6.07, 6.45) is 1.46. The first kappa shape index (κ1) is 23.6. The quantitative estimate of drug-likeness (QED) is 0.316. The molecular weight excluding hydrogens is 522 g/mol. The van der Waals surface area contributed by atoms with Crippen LogP contribution in [0.1, 0.15) is 24.1 Å². The smallest absolute Gasteiger partial charge is 0.255 e. The van der Waals surface area contributed by atoms with Crippen LogP contribution in [0, 0.1) is 0 Å². The van der Waals surface area contributed by atoms with E-state index in [9.17, 15) is 4.79 Å². The average Bonchev–Trinajstić information content (AvgIpc) is 3.36. The van der Waals surface area contributed by atoms with Gasteiger partial charge in [0, 0.05) is 11.4 Å². The van der Waals surface area contributed by atoms with Crippen molar-refractivity contribution in [3.63, 3.8) is 0 Å². The van der Waals surface area contributed by atoms with E-state index in [2.05, 4.69) is 36.6 Å². The van der Waals surface area contributed by atoms with Gasteiger partial charge in [0.1, 0.15) is 19.0 Å². The van der Waals surface area contributed by atoms with Crippen LogP contribution >= 0.6 is 15.9 Å². The number of nitrogens with one attached hydrogen (secondary N) is 2. The number of hydrogen-bond donors (Lipinski definition) is 2. The molecule has 1 unspecified atom stereocenters. The molecule has 1 amide bonds. The standard InChI is InChI=1S/C27H24BrN5O3/c1-17-23(26(34)32-20-11-7-4-8-12-20)24(33-27(31-17)29-16-30-33)19-13-21(28)25(22(14-19)35-2)36-15-18-9-5-3-6-10-18/h3-14,16,24H,15H2,1-2H3,(H,32,34)(H,29,30,31). The lowest BCUT2D eigenvalue weighted by molar-refractivity contribution is -0.113. The summed E-state index contributed by atoms with van der Waals surface area (Å²) in [7, 11) is 1.59. The Kier molecular flexibility index (Phi) is 6.73. The van der Waals surface area contributed by atoms with E-state index < -0.39 is 6.04 Å². The lowest BCUT2D eigenvalue weighted by atomic mass is 9.94. The second kappa shape index (κ2) is 10.2. The lowest BCUT2D eigenvalue weighted by Crippen LogP contribution is -2.31. The topological polar surface area (TPSA) is 90.3 Å². The SMILES string of the molecule is COc1cc(C2C(C(=O)Nc3ccccc3)=C(C)Nc3ncnn32)cc(Br)c1OCc1ccccc1. The minimum absolute atomic E-state index is 0.239. The Morgan fingerprint density at radius 1 is 1.11 bits per heavy atom. The van der Waals surface area contributed by atoms with E-state index in [1.807, 2.05) is 79.7 Å². The summed E-state index contributed by atoms with van der Waals surface area (Å²) >= 11 is 3.65. The Hall–Kier alpha value is -4.11. The number of ether oxygens (including phenoxy) is 2. The number of anilines is 2. The number of hydrogen-bond acceptors (Lipinski definition) is 6. The highest BCUT2D eigenvalue weighted by molar-refractivity contribution is 9.10. The summed E-state index contributed by atoms with van der Waals surface area (Å²) in [5, 5.41) is 10.6. The number of benzene rings is 3. The number of allylic oxidation sites excluding steroid dienone is 1. The number of carbonyl (C=O) groups excluding carboxylic acids is 1. The average molecular weight is 546 g/mol. The van der Waals surface area contributed by atoms with E-state index in [0.29, 0.717) is 45.5 Å². The Labute approximate surface area is 217 Å². The van der Waals surface area contributed by atoms with Crippen LogP contribution in [0.4, 0.5) is 11.6 Å². The molecule has 8 nitrogen and oxygen atoms in total. The number of methoxy groups -OCH3 is 1. The van der Waals surface area contributed by atoms with Gasteiger partial charge in [-0.2, -0.15) is 10.1 Å². The Morgan fingerprint density at radius 2 is 1.83 bits per heavy atom. The zero-order chi connectivity index (χ0) is 25.1. The van der Waals surface area contributed by atoms with Crippen molar-refractivity contribution >= 4 is 33.5 Å². The van der Waals surface area contributed by atoms with Gasteiger partial charge in [0.25, 0.3) is 5.91 Å². The van der Waals surface area contributed by atoms with E-state index >= 15 is 0 Å². The third kappa shape index (κ3) is 4.70. The van der Waals surface area contributed by atoms with E-state index in [4.69, 9.17) is 9.47 Å². The van der Waals surface area contributed by atoms with Crippen LogP contribution < -0.4 is 20.1 Å².